The lowest BCUT2D eigenvalue weighted by atomic mass is 10.2. The van der Waals surface area contributed by atoms with E-state index in [1.165, 1.54) is 7.11 Å². The molecule has 0 aliphatic heterocycles. The van der Waals surface area contributed by atoms with Crippen molar-refractivity contribution in [3.63, 3.8) is 0 Å². The lowest BCUT2D eigenvalue weighted by molar-refractivity contribution is 0.211. The van der Waals surface area contributed by atoms with Crippen molar-refractivity contribution in [2.75, 3.05) is 20.3 Å². The lowest BCUT2D eigenvalue weighted by Gasteiger charge is -2.14. The molecule has 1 N–H and O–H groups in total. The van der Waals surface area contributed by atoms with Crippen LogP contribution in [-0.4, -0.2) is 25.4 Å². The first-order chi connectivity index (χ1) is 10.2. The molecule has 0 saturated heterocycles. The van der Waals surface area contributed by atoms with Gasteiger partial charge in [0.2, 0.25) is 0 Å². The molecule has 0 spiro atoms. The Balaban J connectivity index is 1.93. The molecule has 0 heterocycles. The molecule has 0 atom stereocenters. The van der Waals surface area contributed by atoms with Gasteiger partial charge in [0, 0.05) is 0 Å². The van der Waals surface area contributed by atoms with Crippen molar-refractivity contribution in [2.45, 2.75) is 6.61 Å². The SMILES string of the molecule is COc1cc(CO)cc(Cl)c1OCCOc1ccccc1. The van der Waals surface area contributed by atoms with Gasteiger partial charge in [-0.3, -0.25) is 0 Å². The Bertz CT molecular complexity index is 572. The Morgan fingerprint density at radius 1 is 1.05 bits per heavy atom. The van der Waals surface area contributed by atoms with Crippen LogP contribution >= 0.6 is 11.6 Å². The van der Waals surface area contributed by atoms with E-state index in [2.05, 4.69) is 0 Å². The molecule has 0 unspecified atom stereocenters. The second-order valence-corrected chi connectivity index (χ2v) is 4.68. The molecule has 4 nitrogen and oxygen atoms in total. The molecule has 2 aromatic rings. The third-order valence-corrected chi connectivity index (χ3v) is 3.09. The number of rotatable bonds is 7. The molecule has 0 aliphatic rings. The van der Waals surface area contributed by atoms with Gasteiger partial charge in [-0.2, -0.15) is 0 Å². The molecule has 0 amide bonds. The summed E-state index contributed by atoms with van der Waals surface area (Å²) in [6, 6.07) is 12.8. The Kier molecular flexibility index (Phi) is 5.72. The second kappa shape index (κ2) is 7.76. The quantitative estimate of drug-likeness (QED) is 0.797. The predicted molar refractivity (Wildman–Crippen MR) is 81.4 cm³/mol. The van der Waals surface area contributed by atoms with Crippen molar-refractivity contribution in [1.29, 1.82) is 0 Å². The minimum Gasteiger partial charge on any atom is -0.493 e. The summed E-state index contributed by atoms with van der Waals surface area (Å²) < 4.78 is 16.4. The molecule has 0 aliphatic carbocycles. The summed E-state index contributed by atoms with van der Waals surface area (Å²) in [5.41, 5.74) is 0.671. The fraction of sp³-hybridized carbons (Fsp3) is 0.250. The molecular formula is C16H17ClO4. The number of aliphatic hydroxyl groups is 1. The van der Waals surface area contributed by atoms with Crippen molar-refractivity contribution >= 4 is 11.6 Å². The number of methoxy groups -OCH3 is 1. The largest absolute Gasteiger partial charge is 0.493 e. The van der Waals surface area contributed by atoms with Gasteiger partial charge in [-0.05, 0) is 29.8 Å². The average molecular weight is 309 g/mol. The maximum atomic E-state index is 9.14. The minimum absolute atomic E-state index is 0.104. The van der Waals surface area contributed by atoms with Gasteiger partial charge in [0.25, 0.3) is 0 Å². The van der Waals surface area contributed by atoms with Crippen molar-refractivity contribution in [1.82, 2.24) is 0 Å². The van der Waals surface area contributed by atoms with E-state index < -0.39 is 0 Å². The van der Waals surface area contributed by atoms with E-state index in [-0.39, 0.29) is 6.61 Å². The Morgan fingerprint density at radius 2 is 1.76 bits per heavy atom. The second-order valence-electron chi connectivity index (χ2n) is 4.28. The Morgan fingerprint density at radius 3 is 2.43 bits per heavy atom. The number of para-hydroxylation sites is 1. The van der Waals surface area contributed by atoms with Crippen molar-refractivity contribution < 1.29 is 19.3 Å². The van der Waals surface area contributed by atoms with Crippen LogP contribution in [-0.2, 0) is 6.61 Å². The highest BCUT2D eigenvalue weighted by molar-refractivity contribution is 6.32. The highest BCUT2D eigenvalue weighted by Gasteiger charge is 2.11. The highest BCUT2D eigenvalue weighted by atomic mass is 35.5. The topological polar surface area (TPSA) is 47.9 Å². The molecule has 0 radical (unpaired) electrons. The fourth-order valence-corrected chi connectivity index (χ4v) is 2.11. The minimum atomic E-state index is -0.104. The van der Waals surface area contributed by atoms with Gasteiger partial charge in [-0.25, -0.2) is 0 Å². The highest BCUT2D eigenvalue weighted by Crippen LogP contribution is 2.36. The molecule has 0 aromatic heterocycles. The zero-order chi connectivity index (χ0) is 15.1. The van der Waals surface area contributed by atoms with Crippen LogP contribution in [0.3, 0.4) is 0 Å². The smallest absolute Gasteiger partial charge is 0.179 e. The van der Waals surface area contributed by atoms with Gasteiger partial charge in [0.05, 0.1) is 18.7 Å². The number of ether oxygens (including phenoxy) is 3. The molecule has 21 heavy (non-hydrogen) atoms. The van der Waals surface area contributed by atoms with E-state index >= 15 is 0 Å². The summed E-state index contributed by atoms with van der Waals surface area (Å²) >= 11 is 6.13. The summed E-state index contributed by atoms with van der Waals surface area (Å²) in [5, 5.41) is 9.54. The molecule has 2 rings (SSSR count). The third kappa shape index (κ3) is 4.28. The lowest BCUT2D eigenvalue weighted by Crippen LogP contribution is -2.10. The predicted octanol–water partition coefficient (Wildman–Crippen LogP) is 3.30. The molecular weight excluding hydrogens is 292 g/mol. The van der Waals surface area contributed by atoms with Gasteiger partial charge in [-0.15, -0.1) is 0 Å². The fourth-order valence-electron chi connectivity index (χ4n) is 1.82. The van der Waals surface area contributed by atoms with Crippen LogP contribution in [0.15, 0.2) is 42.5 Å². The summed E-state index contributed by atoms with van der Waals surface area (Å²) in [4.78, 5) is 0. The summed E-state index contributed by atoms with van der Waals surface area (Å²) in [6.45, 7) is 0.627. The molecule has 5 heteroatoms. The van der Waals surface area contributed by atoms with Gasteiger partial charge in [0.1, 0.15) is 19.0 Å². The van der Waals surface area contributed by atoms with Crippen LogP contribution < -0.4 is 14.2 Å². The van der Waals surface area contributed by atoms with Crippen LogP contribution in [0.1, 0.15) is 5.56 Å². The molecule has 0 saturated carbocycles. The zero-order valence-electron chi connectivity index (χ0n) is 11.7. The number of benzene rings is 2. The van der Waals surface area contributed by atoms with Crippen LogP contribution in [0.25, 0.3) is 0 Å². The van der Waals surface area contributed by atoms with E-state index in [0.29, 0.717) is 35.3 Å². The average Bonchev–Trinajstić information content (AvgIpc) is 2.53. The number of hydrogen-bond acceptors (Lipinski definition) is 4. The van der Waals surface area contributed by atoms with E-state index in [0.717, 1.165) is 5.75 Å². The van der Waals surface area contributed by atoms with Crippen LogP contribution in [0, 0.1) is 0 Å². The molecule has 0 fully saturated rings. The van der Waals surface area contributed by atoms with Gasteiger partial charge >= 0.3 is 0 Å². The normalized spacial score (nSPS) is 10.2. The van der Waals surface area contributed by atoms with Gasteiger partial charge < -0.3 is 19.3 Å². The van der Waals surface area contributed by atoms with Gasteiger partial charge in [0.15, 0.2) is 11.5 Å². The van der Waals surface area contributed by atoms with E-state index in [1.54, 1.807) is 12.1 Å². The molecule has 0 bridgehead atoms. The Hall–Kier alpha value is -1.91. The summed E-state index contributed by atoms with van der Waals surface area (Å²) in [5.74, 6) is 1.73. The van der Waals surface area contributed by atoms with Gasteiger partial charge in [-0.1, -0.05) is 29.8 Å². The van der Waals surface area contributed by atoms with Crippen molar-refractivity contribution in [3.05, 3.63) is 53.1 Å². The van der Waals surface area contributed by atoms with Crippen LogP contribution in [0.2, 0.25) is 5.02 Å². The monoisotopic (exact) mass is 308 g/mol. The zero-order valence-corrected chi connectivity index (χ0v) is 12.5. The number of hydrogen-bond donors (Lipinski definition) is 1. The first-order valence-corrected chi connectivity index (χ1v) is 6.90. The van der Waals surface area contributed by atoms with Crippen LogP contribution in [0.5, 0.6) is 17.2 Å². The standard InChI is InChI=1S/C16H17ClO4/c1-19-15-10-12(11-18)9-14(17)16(15)21-8-7-20-13-5-3-2-4-6-13/h2-6,9-10,18H,7-8,11H2,1H3. The van der Waals surface area contributed by atoms with E-state index in [4.69, 9.17) is 30.9 Å². The van der Waals surface area contributed by atoms with Crippen LogP contribution in [0.4, 0.5) is 0 Å². The van der Waals surface area contributed by atoms with Crippen molar-refractivity contribution in [2.24, 2.45) is 0 Å². The number of aliphatic hydroxyl groups excluding tert-OH is 1. The summed E-state index contributed by atoms with van der Waals surface area (Å²) in [7, 11) is 1.53. The van der Waals surface area contributed by atoms with E-state index in [9.17, 15) is 0 Å². The number of halogens is 1. The third-order valence-electron chi connectivity index (χ3n) is 2.81. The maximum Gasteiger partial charge on any atom is 0.179 e. The molecule has 112 valence electrons. The molecule has 2 aromatic carbocycles. The maximum absolute atomic E-state index is 9.14. The van der Waals surface area contributed by atoms with Crippen molar-refractivity contribution in [3.8, 4) is 17.2 Å². The Labute approximate surface area is 128 Å². The summed E-state index contributed by atoms with van der Waals surface area (Å²) in [6.07, 6.45) is 0. The van der Waals surface area contributed by atoms with E-state index in [1.807, 2.05) is 30.3 Å². The first kappa shape index (κ1) is 15.5. The first-order valence-electron chi connectivity index (χ1n) is 6.52.